The smallest absolute Gasteiger partial charge is 0.279 e. The van der Waals surface area contributed by atoms with Crippen molar-refractivity contribution in [2.75, 3.05) is 24.2 Å². The molecule has 0 bridgehead atoms. The lowest BCUT2D eigenvalue weighted by molar-refractivity contribution is -0.129. The maximum atomic E-state index is 12.6. The number of nitrogens with one attached hydrogen (secondary N) is 1. The van der Waals surface area contributed by atoms with E-state index in [1.54, 1.807) is 13.0 Å². The van der Waals surface area contributed by atoms with E-state index in [2.05, 4.69) is 44.9 Å². The van der Waals surface area contributed by atoms with Crippen LogP contribution in [0.2, 0.25) is 0 Å². The Morgan fingerprint density at radius 3 is 2.71 bits per heavy atom. The molecule has 0 spiro atoms. The molecular weight excluding hydrogens is 434 g/mol. The van der Waals surface area contributed by atoms with Gasteiger partial charge in [0.1, 0.15) is 5.76 Å². The minimum Gasteiger partial charge on any atom is -0.361 e. The molecule has 3 aromatic rings. The predicted octanol–water partition coefficient (Wildman–Crippen LogP) is 3.66. The quantitative estimate of drug-likeness (QED) is 0.427. The number of hydrogen-bond acceptors (Lipinski definition) is 8. The second kappa shape index (κ2) is 10.1. The summed E-state index contributed by atoms with van der Waals surface area (Å²) < 4.78 is 5.54. The molecule has 1 saturated heterocycles. The molecule has 162 valence electrons. The fourth-order valence-corrected chi connectivity index (χ4v) is 5.15. The van der Waals surface area contributed by atoms with E-state index in [1.807, 2.05) is 11.0 Å². The number of anilines is 1. The number of aryl methyl sites for hydroxylation is 1. The first-order valence-electron chi connectivity index (χ1n) is 10.1. The average Bonchev–Trinajstić information content (AvgIpc) is 3.42. The Labute approximate surface area is 188 Å². The Morgan fingerprint density at radius 2 is 2.00 bits per heavy atom. The van der Waals surface area contributed by atoms with E-state index in [0.717, 1.165) is 32.4 Å². The van der Waals surface area contributed by atoms with Gasteiger partial charge in [-0.15, -0.1) is 10.2 Å². The molecule has 0 aliphatic carbocycles. The first kappa shape index (κ1) is 21.5. The number of amides is 2. The maximum Gasteiger partial charge on any atom is 0.279 e. The predicted molar refractivity (Wildman–Crippen MR) is 119 cm³/mol. The number of aromatic nitrogens is 3. The molecule has 1 N–H and O–H groups in total. The molecule has 3 heterocycles. The van der Waals surface area contributed by atoms with Gasteiger partial charge in [-0.3, -0.25) is 14.9 Å². The summed E-state index contributed by atoms with van der Waals surface area (Å²) in [4.78, 5) is 26.6. The van der Waals surface area contributed by atoms with Gasteiger partial charge >= 0.3 is 0 Å². The summed E-state index contributed by atoms with van der Waals surface area (Å²) in [5.74, 6) is 1.21. The van der Waals surface area contributed by atoms with Crippen molar-refractivity contribution in [2.45, 2.75) is 30.5 Å². The van der Waals surface area contributed by atoms with Crippen molar-refractivity contribution < 1.29 is 14.1 Å². The number of hydrogen-bond donors (Lipinski definition) is 1. The van der Waals surface area contributed by atoms with Gasteiger partial charge in [-0.2, -0.15) is 0 Å². The monoisotopic (exact) mass is 457 g/mol. The molecule has 0 unspecified atom stereocenters. The van der Waals surface area contributed by atoms with Gasteiger partial charge in [0.15, 0.2) is 10.0 Å². The van der Waals surface area contributed by atoms with Gasteiger partial charge in [0, 0.05) is 19.2 Å². The lowest BCUT2D eigenvalue weighted by Crippen LogP contribution is -2.39. The van der Waals surface area contributed by atoms with Crippen LogP contribution in [0.15, 0.2) is 45.3 Å². The van der Waals surface area contributed by atoms with Gasteiger partial charge < -0.3 is 9.42 Å². The Hall–Kier alpha value is -2.72. The summed E-state index contributed by atoms with van der Waals surface area (Å²) in [6.07, 6.45) is 3.13. The second-order valence-electron chi connectivity index (χ2n) is 7.45. The highest BCUT2D eigenvalue weighted by molar-refractivity contribution is 8.01. The topological polar surface area (TPSA) is 101 Å². The number of carbonyl (C=O) groups is 2. The number of likely N-dealkylation sites (tertiary alicyclic amines) is 1. The summed E-state index contributed by atoms with van der Waals surface area (Å²) in [5, 5.41) is 14.7. The lowest BCUT2D eigenvalue weighted by atomic mass is 9.90. The molecule has 10 heteroatoms. The molecule has 1 aromatic carbocycles. The fourth-order valence-electron chi connectivity index (χ4n) is 3.50. The van der Waals surface area contributed by atoms with Gasteiger partial charge in [-0.05, 0) is 37.7 Å². The molecule has 4 rings (SSSR count). The van der Waals surface area contributed by atoms with Crippen LogP contribution in [-0.4, -0.2) is 50.9 Å². The van der Waals surface area contributed by atoms with Crippen LogP contribution >= 0.6 is 23.1 Å². The number of benzene rings is 1. The van der Waals surface area contributed by atoms with E-state index in [0.29, 0.717) is 26.9 Å². The van der Waals surface area contributed by atoms with Crippen LogP contribution in [-0.2, 0) is 11.2 Å². The maximum absolute atomic E-state index is 12.6. The summed E-state index contributed by atoms with van der Waals surface area (Å²) in [5.41, 5.74) is 1.55. The molecule has 1 aliphatic rings. The van der Waals surface area contributed by atoms with Gasteiger partial charge in [-0.25, -0.2) is 0 Å². The molecule has 8 nitrogen and oxygen atoms in total. The summed E-state index contributed by atoms with van der Waals surface area (Å²) >= 11 is 2.57. The zero-order valence-electron chi connectivity index (χ0n) is 17.1. The van der Waals surface area contributed by atoms with E-state index < -0.39 is 5.91 Å². The van der Waals surface area contributed by atoms with Crippen molar-refractivity contribution in [1.82, 2.24) is 20.3 Å². The number of rotatable bonds is 7. The van der Waals surface area contributed by atoms with E-state index in [9.17, 15) is 9.59 Å². The van der Waals surface area contributed by atoms with Crippen molar-refractivity contribution in [3.8, 4) is 0 Å². The van der Waals surface area contributed by atoms with Gasteiger partial charge in [0.25, 0.3) is 5.91 Å². The lowest BCUT2D eigenvalue weighted by Gasteiger charge is -2.32. The van der Waals surface area contributed by atoms with Crippen molar-refractivity contribution in [3.05, 3.63) is 53.4 Å². The van der Waals surface area contributed by atoms with Crippen LogP contribution in [0.4, 0.5) is 5.13 Å². The second-order valence-corrected chi connectivity index (χ2v) is 9.65. The highest BCUT2D eigenvalue weighted by Crippen LogP contribution is 2.27. The molecule has 1 fully saturated rings. The Kier molecular flexibility index (Phi) is 6.98. The highest BCUT2D eigenvalue weighted by atomic mass is 32.2. The zero-order valence-corrected chi connectivity index (χ0v) is 18.7. The van der Waals surface area contributed by atoms with Crippen molar-refractivity contribution in [3.63, 3.8) is 0 Å². The minimum atomic E-state index is -0.404. The third kappa shape index (κ3) is 5.92. The highest BCUT2D eigenvalue weighted by Gasteiger charge is 2.23. The van der Waals surface area contributed by atoms with E-state index in [4.69, 9.17) is 4.52 Å². The molecule has 0 atom stereocenters. The van der Waals surface area contributed by atoms with E-state index in [-0.39, 0.29) is 11.6 Å². The van der Waals surface area contributed by atoms with Gasteiger partial charge in [-0.1, -0.05) is 58.6 Å². The third-order valence-corrected chi connectivity index (χ3v) is 7.10. The molecule has 0 radical (unpaired) electrons. The summed E-state index contributed by atoms with van der Waals surface area (Å²) in [7, 11) is 0. The first-order valence-corrected chi connectivity index (χ1v) is 11.9. The minimum absolute atomic E-state index is 0.113. The van der Waals surface area contributed by atoms with E-state index in [1.165, 1.54) is 28.7 Å². The van der Waals surface area contributed by atoms with Gasteiger partial charge in [0.2, 0.25) is 11.0 Å². The Bertz CT molecular complexity index is 1030. The molecule has 2 aromatic heterocycles. The Balaban J connectivity index is 1.20. The number of thioether (sulfide) groups is 1. The van der Waals surface area contributed by atoms with Crippen molar-refractivity contribution in [1.29, 1.82) is 0 Å². The molecule has 2 amide bonds. The largest absolute Gasteiger partial charge is 0.361 e. The van der Waals surface area contributed by atoms with Gasteiger partial charge in [0.05, 0.1) is 5.75 Å². The van der Waals surface area contributed by atoms with Crippen LogP contribution in [0.25, 0.3) is 0 Å². The average molecular weight is 458 g/mol. The first-order chi connectivity index (χ1) is 15.1. The molecule has 1 aliphatic heterocycles. The van der Waals surface area contributed by atoms with Crippen LogP contribution < -0.4 is 5.32 Å². The van der Waals surface area contributed by atoms with Crippen molar-refractivity contribution in [2.24, 2.45) is 5.92 Å². The van der Waals surface area contributed by atoms with E-state index >= 15 is 0 Å². The fraction of sp³-hybridized carbons (Fsp3) is 0.381. The zero-order chi connectivity index (χ0) is 21.6. The number of carbonyl (C=O) groups excluding carboxylic acids is 2. The summed E-state index contributed by atoms with van der Waals surface area (Å²) in [6, 6.07) is 12.1. The number of nitrogens with zero attached hydrogens (tertiary/aromatic N) is 4. The van der Waals surface area contributed by atoms with Crippen LogP contribution in [0.3, 0.4) is 0 Å². The van der Waals surface area contributed by atoms with Crippen LogP contribution in [0, 0.1) is 12.8 Å². The standard InChI is InChI=1S/C21H23N5O3S2/c1-14-11-17(25-29-14)19(28)22-20-23-24-21(31-20)30-13-18(27)26-9-7-16(8-10-26)12-15-5-3-2-4-6-15/h2-6,11,16H,7-10,12-13H2,1H3,(H,22,23,28). The third-order valence-electron chi connectivity index (χ3n) is 5.14. The molecule has 0 saturated carbocycles. The van der Waals surface area contributed by atoms with Crippen LogP contribution in [0.5, 0.6) is 0 Å². The molecule has 31 heavy (non-hydrogen) atoms. The normalized spacial score (nSPS) is 14.5. The number of piperidine rings is 1. The van der Waals surface area contributed by atoms with Crippen LogP contribution in [0.1, 0.15) is 34.7 Å². The summed E-state index contributed by atoms with van der Waals surface area (Å²) in [6.45, 7) is 3.31. The van der Waals surface area contributed by atoms with Crippen molar-refractivity contribution >= 4 is 40.0 Å². The Morgan fingerprint density at radius 1 is 1.23 bits per heavy atom. The SMILES string of the molecule is Cc1cc(C(=O)Nc2nnc(SCC(=O)N3CCC(Cc4ccccc4)CC3)s2)no1. The molecular formula is C21H23N5O3S2.